The predicted molar refractivity (Wildman–Crippen MR) is 91.1 cm³/mol. The number of carboxylic acids is 1. The van der Waals surface area contributed by atoms with Gasteiger partial charge in [-0.2, -0.15) is 0 Å². The van der Waals surface area contributed by atoms with Crippen molar-refractivity contribution in [2.24, 2.45) is 0 Å². The molecule has 24 heavy (non-hydrogen) atoms. The van der Waals surface area contributed by atoms with Crippen LogP contribution in [0.5, 0.6) is 0 Å². The van der Waals surface area contributed by atoms with Crippen LogP contribution in [0.25, 0.3) is 22.0 Å². The summed E-state index contributed by atoms with van der Waals surface area (Å²) in [6.07, 6.45) is 0.193. The largest absolute Gasteiger partial charge is 0.481 e. The Labute approximate surface area is 137 Å². The van der Waals surface area contributed by atoms with E-state index in [4.69, 9.17) is 5.11 Å². The number of hydrogen-bond donors (Lipinski definition) is 2. The highest BCUT2D eigenvalue weighted by Gasteiger charge is 2.21. The number of non-ortho nitro benzene ring substituents is 1. The second kappa shape index (κ2) is 6.16. The minimum atomic E-state index is -0.924. The summed E-state index contributed by atoms with van der Waals surface area (Å²) in [6, 6.07) is 12.9. The topological polar surface area (TPSA) is 96.2 Å². The molecule has 0 amide bonds. The number of carbonyl (C=O) groups is 1. The zero-order valence-electron chi connectivity index (χ0n) is 13.1. The first kappa shape index (κ1) is 15.7. The molecule has 122 valence electrons. The Morgan fingerprint density at radius 2 is 1.92 bits per heavy atom. The number of benzene rings is 2. The average molecular weight is 324 g/mol. The molecule has 0 aliphatic rings. The number of nitro benzene ring substituents is 1. The van der Waals surface area contributed by atoms with Crippen molar-refractivity contribution in [1.82, 2.24) is 4.98 Å². The second-order valence-electron chi connectivity index (χ2n) is 5.66. The van der Waals surface area contributed by atoms with Gasteiger partial charge in [0.05, 0.1) is 15.8 Å². The van der Waals surface area contributed by atoms with E-state index in [1.807, 2.05) is 43.3 Å². The summed E-state index contributed by atoms with van der Waals surface area (Å²) in [5, 5.41) is 21.0. The summed E-state index contributed by atoms with van der Waals surface area (Å²) in [4.78, 5) is 25.2. The highest BCUT2D eigenvalue weighted by molar-refractivity contribution is 5.96. The maximum absolute atomic E-state index is 11.6. The van der Waals surface area contributed by atoms with Crippen molar-refractivity contribution in [2.45, 2.75) is 19.8 Å². The van der Waals surface area contributed by atoms with Crippen molar-refractivity contribution in [2.75, 3.05) is 0 Å². The van der Waals surface area contributed by atoms with E-state index in [-0.39, 0.29) is 18.5 Å². The fraction of sp³-hybridized carbons (Fsp3) is 0.167. The Kier molecular flexibility index (Phi) is 4.04. The van der Waals surface area contributed by atoms with Crippen LogP contribution in [0.1, 0.15) is 17.7 Å². The number of aliphatic carboxylic acids is 1. The summed E-state index contributed by atoms with van der Waals surface area (Å²) in [5.41, 5.74) is 3.75. The number of aryl methyl sites for hydroxylation is 2. The van der Waals surface area contributed by atoms with Gasteiger partial charge in [0, 0.05) is 18.2 Å². The Bertz CT molecular complexity index is 929. The molecule has 0 unspecified atom stereocenters. The van der Waals surface area contributed by atoms with Crippen LogP contribution in [0.15, 0.2) is 42.5 Å². The SMILES string of the molecule is Cc1[nH]c2cc(-c3ccccc3)cc([N+](=O)[O-])c2c1CCC(=O)O. The smallest absolute Gasteiger partial charge is 0.303 e. The molecule has 6 heteroatoms. The number of fused-ring (bicyclic) bond motifs is 1. The molecular formula is C18H16N2O4. The monoisotopic (exact) mass is 324 g/mol. The van der Waals surface area contributed by atoms with Gasteiger partial charge in [-0.3, -0.25) is 14.9 Å². The Morgan fingerprint density at radius 1 is 1.21 bits per heavy atom. The molecule has 0 radical (unpaired) electrons. The lowest BCUT2D eigenvalue weighted by Crippen LogP contribution is -1.99. The number of nitro groups is 1. The number of aromatic amines is 1. The first-order chi connectivity index (χ1) is 11.5. The van der Waals surface area contributed by atoms with E-state index in [2.05, 4.69) is 4.98 Å². The standard InChI is InChI=1S/C18H16N2O4/c1-11-14(7-8-17(21)22)18-15(19-11)9-13(10-16(18)20(23)24)12-5-3-2-4-6-12/h2-6,9-10,19H,7-8H2,1H3,(H,21,22). The fourth-order valence-corrected chi connectivity index (χ4v) is 2.99. The Morgan fingerprint density at radius 3 is 2.54 bits per heavy atom. The molecule has 0 aliphatic heterocycles. The highest BCUT2D eigenvalue weighted by Crippen LogP contribution is 2.36. The van der Waals surface area contributed by atoms with Crippen molar-refractivity contribution < 1.29 is 14.8 Å². The molecule has 0 aliphatic carbocycles. The van der Waals surface area contributed by atoms with Gasteiger partial charge in [-0.05, 0) is 36.1 Å². The van der Waals surface area contributed by atoms with Gasteiger partial charge in [0.15, 0.2) is 0 Å². The molecule has 2 N–H and O–H groups in total. The molecule has 3 aromatic rings. The molecule has 3 rings (SSSR count). The molecule has 1 aromatic heterocycles. The first-order valence-corrected chi connectivity index (χ1v) is 7.54. The van der Waals surface area contributed by atoms with Crippen molar-refractivity contribution in [3.63, 3.8) is 0 Å². The van der Waals surface area contributed by atoms with Gasteiger partial charge in [0.1, 0.15) is 0 Å². The van der Waals surface area contributed by atoms with Crippen LogP contribution in [0.4, 0.5) is 5.69 Å². The fourth-order valence-electron chi connectivity index (χ4n) is 2.99. The number of rotatable bonds is 5. The van der Waals surface area contributed by atoms with Crippen LogP contribution in [-0.4, -0.2) is 21.0 Å². The third-order valence-electron chi connectivity index (χ3n) is 4.09. The summed E-state index contributed by atoms with van der Waals surface area (Å²) in [5.74, 6) is -0.924. The lowest BCUT2D eigenvalue weighted by atomic mass is 9.99. The quantitative estimate of drug-likeness (QED) is 0.546. The normalized spacial score (nSPS) is 10.9. The van der Waals surface area contributed by atoms with Crippen LogP contribution in [0.2, 0.25) is 0 Å². The third kappa shape index (κ3) is 2.86. The zero-order valence-corrected chi connectivity index (χ0v) is 13.1. The summed E-state index contributed by atoms with van der Waals surface area (Å²) < 4.78 is 0. The molecule has 0 spiro atoms. The number of hydrogen-bond acceptors (Lipinski definition) is 3. The van der Waals surface area contributed by atoms with E-state index in [0.717, 1.165) is 16.8 Å². The van der Waals surface area contributed by atoms with Gasteiger partial charge in [-0.15, -0.1) is 0 Å². The summed E-state index contributed by atoms with van der Waals surface area (Å²) in [6.45, 7) is 1.81. The van der Waals surface area contributed by atoms with E-state index in [9.17, 15) is 14.9 Å². The van der Waals surface area contributed by atoms with Crippen LogP contribution in [0, 0.1) is 17.0 Å². The number of carboxylic acid groups (broad SMARTS) is 1. The lowest BCUT2D eigenvalue weighted by Gasteiger charge is -2.04. The maximum atomic E-state index is 11.6. The minimum Gasteiger partial charge on any atom is -0.481 e. The Balaban J connectivity index is 2.22. The number of nitrogens with zero attached hydrogens (tertiary/aromatic N) is 1. The van der Waals surface area contributed by atoms with Crippen molar-refractivity contribution in [3.8, 4) is 11.1 Å². The van der Waals surface area contributed by atoms with E-state index < -0.39 is 10.9 Å². The van der Waals surface area contributed by atoms with Crippen molar-refractivity contribution >= 4 is 22.6 Å². The zero-order chi connectivity index (χ0) is 17.3. The molecule has 0 bridgehead atoms. The van der Waals surface area contributed by atoms with Crippen LogP contribution >= 0.6 is 0 Å². The molecule has 6 nitrogen and oxygen atoms in total. The molecule has 0 saturated heterocycles. The molecule has 2 aromatic carbocycles. The number of H-pyrrole nitrogens is 1. The molecule has 1 heterocycles. The third-order valence-corrected chi connectivity index (χ3v) is 4.09. The molecule has 0 saturated carbocycles. The predicted octanol–water partition coefficient (Wildman–Crippen LogP) is 4.07. The molecular weight excluding hydrogens is 308 g/mol. The number of nitrogens with one attached hydrogen (secondary N) is 1. The average Bonchev–Trinajstić information content (AvgIpc) is 2.87. The maximum Gasteiger partial charge on any atom is 0.303 e. The van der Waals surface area contributed by atoms with Crippen LogP contribution in [0.3, 0.4) is 0 Å². The van der Waals surface area contributed by atoms with Crippen molar-refractivity contribution in [1.29, 1.82) is 0 Å². The van der Waals surface area contributed by atoms with Gasteiger partial charge in [-0.25, -0.2) is 0 Å². The second-order valence-corrected chi connectivity index (χ2v) is 5.66. The first-order valence-electron chi connectivity index (χ1n) is 7.54. The minimum absolute atomic E-state index is 0.00362. The van der Waals surface area contributed by atoms with E-state index in [0.29, 0.717) is 16.5 Å². The summed E-state index contributed by atoms with van der Waals surface area (Å²) in [7, 11) is 0. The summed E-state index contributed by atoms with van der Waals surface area (Å²) >= 11 is 0. The van der Waals surface area contributed by atoms with Crippen molar-refractivity contribution in [3.05, 3.63) is 63.8 Å². The van der Waals surface area contributed by atoms with Gasteiger partial charge in [-0.1, -0.05) is 30.3 Å². The van der Waals surface area contributed by atoms with Gasteiger partial charge in [0.2, 0.25) is 0 Å². The van der Waals surface area contributed by atoms with E-state index >= 15 is 0 Å². The Hall–Kier alpha value is -3.15. The van der Waals surface area contributed by atoms with Crippen LogP contribution < -0.4 is 0 Å². The number of aromatic nitrogens is 1. The van der Waals surface area contributed by atoms with E-state index in [1.165, 1.54) is 0 Å². The van der Waals surface area contributed by atoms with E-state index in [1.54, 1.807) is 6.07 Å². The van der Waals surface area contributed by atoms with Gasteiger partial charge in [0.25, 0.3) is 5.69 Å². The van der Waals surface area contributed by atoms with Gasteiger partial charge >= 0.3 is 5.97 Å². The molecule has 0 fully saturated rings. The lowest BCUT2D eigenvalue weighted by molar-refractivity contribution is -0.383. The van der Waals surface area contributed by atoms with Crippen LogP contribution in [-0.2, 0) is 11.2 Å². The van der Waals surface area contributed by atoms with Gasteiger partial charge < -0.3 is 10.1 Å². The molecule has 0 atom stereocenters. The highest BCUT2D eigenvalue weighted by atomic mass is 16.6.